The number of hydrogen-bond acceptors (Lipinski definition) is 4. The maximum Gasteiger partial charge on any atom is 0.317 e. The van der Waals surface area contributed by atoms with E-state index in [1.165, 1.54) is 5.69 Å². The Bertz CT molecular complexity index is 1170. The third-order valence-corrected chi connectivity index (χ3v) is 6.86. The molecule has 34 heavy (non-hydrogen) atoms. The van der Waals surface area contributed by atoms with E-state index >= 15 is 0 Å². The Morgan fingerprint density at radius 1 is 1.03 bits per heavy atom. The fourth-order valence-corrected chi connectivity index (χ4v) is 5.13. The minimum Gasteiger partial charge on any atom is -0.466 e. The predicted octanol–water partition coefficient (Wildman–Crippen LogP) is 4.60. The van der Waals surface area contributed by atoms with Crippen LogP contribution in [0.1, 0.15) is 43.5 Å². The summed E-state index contributed by atoms with van der Waals surface area (Å²) in [5.74, 6) is -0.319. The molecule has 1 fully saturated rings. The Hall–Kier alpha value is -3.74. The van der Waals surface area contributed by atoms with E-state index in [0.29, 0.717) is 19.7 Å². The molecule has 7 heteroatoms. The molecule has 5 rings (SSSR count). The molecule has 1 aromatic heterocycles. The number of nitrogens with one attached hydrogen (secondary N) is 2. The van der Waals surface area contributed by atoms with Crippen LogP contribution in [0.2, 0.25) is 0 Å². The van der Waals surface area contributed by atoms with E-state index in [1.807, 2.05) is 41.3 Å². The van der Waals surface area contributed by atoms with Gasteiger partial charge in [-0.2, -0.15) is 0 Å². The summed E-state index contributed by atoms with van der Waals surface area (Å²) < 4.78 is 7.39. The smallest absolute Gasteiger partial charge is 0.317 e. The zero-order valence-corrected chi connectivity index (χ0v) is 19.4. The molecule has 2 amide bonds. The number of anilines is 1. The van der Waals surface area contributed by atoms with Crippen molar-refractivity contribution < 1.29 is 14.3 Å². The van der Waals surface area contributed by atoms with Gasteiger partial charge in [0.15, 0.2) is 0 Å². The Morgan fingerprint density at radius 2 is 1.76 bits per heavy atom. The second-order valence-electron chi connectivity index (χ2n) is 8.90. The Morgan fingerprint density at radius 3 is 2.53 bits per heavy atom. The average Bonchev–Trinajstić information content (AvgIpc) is 3.36. The number of nitrogens with zero attached hydrogens (tertiary/aromatic N) is 2. The largest absolute Gasteiger partial charge is 0.466 e. The number of hydrogen-bond donors (Lipinski definition) is 2. The summed E-state index contributed by atoms with van der Waals surface area (Å²) >= 11 is 0. The first-order valence-corrected chi connectivity index (χ1v) is 11.9. The molecule has 3 aromatic rings. The second kappa shape index (κ2) is 9.25. The monoisotopic (exact) mass is 458 g/mol. The van der Waals surface area contributed by atoms with E-state index in [9.17, 15) is 9.59 Å². The van der Waals surface area contributed by atoms with E-state index in [-0.39, 0.29) is 24.0 Å². The van der Waals surface area contributed by atoms with Crippen molar-refractivity contribution in [3.05, 3.63) is 84.2 Å². The number of piperidine rings is 1. The van der Waals surface area contributed by atoms with E-state index in [0.717, 1.165) is 29.8 Å². The zero-order chi connectivity index (χ0) is 23.5. The van der Waals surface area contributed by atoms with Crippen LogP contribution in [-0.2, 0) is 15.1 Å². The molecule has 1 saturated heterocycles. The van der Waals surface area contributed by atoms with Gasteiger partial charge in [0.2, 0.25) is 0 Å². The third-order valence-electron chi connectivity index (χ3n) is 6.86. The van der Waals surface area contributed by atoms with Crippen molar-refractivity contribution in [1.29, 1.82) is 0 Å². The lowest BCUT2D eigenvalue weighted by Crippen LogP contribution is -2.53. The van der Waals surface area contributed by atoms with Crippen LogP contribution in [0.25, 0.3) is 5.69 Å². The van der Waals surface area contributed by atoms with Crippen molar-refractivity contribution in [3.63, 3.8) is 0 Å². The van der Waals surface area contributed by atoms with Crippen LogP contribution in [0.15, 0.2) is 72.9 Å². The van der Waals surface area contributed by atoms with Crippen LogP contribution in [0.5, 0.6) is 0 Å². The number of carbonyl (C=O) groups is 2. The Labute approximate surface area is 199 Å². The quantitative estimate of drug-likeness (QED) is 0.548. The summed E-state index contributed by atoms with van der Waals surface area (Å²) in [4.78, 5) is 27.3. The van der Waals surface area contributed by atoms with Gasteiger partial charge >= 0.3 is 12.0 Å². The maximum absolute atomic E-state index is 13.2. The molecule has 0 unspecified atom stereocenters. The molecule has 176 valence electrons. The van der Waals surface area contributed by atoms with Gasteiger partial charge < -0.3 is 24.8 Å². The highest BCUT2D eigenvalue weighted by Crippen LogP contribution is 2.43. The normalized spacial score (nSPS) is 16.7. The van der Waals surface area contributed by atoms with E-state index < -0.39 is 6.04 Å². The van der Waals surface area contributed by atoms with Gasteiger partial charge in [-0.3, -0.25) is 4.79 Å². The van der Waals surface area contributed by atoms with E-state index in [2.05, 4.69) is 51.7 Å². The molecule has 0 saturated carbocycles. The number of aromatic nitrogens is 1. The fraction of sp³-hybridized carbons (Fsp3) is 0.333. The molecule has 0 bridgehead atoms. The summed E-state index contributed by atoms with van der Waals surface area (Å²) in [5.41, 5.74) is 4.18. The molecule has 2 aliphatic rings. The van der Waals surface area contributed by atoms with Crippen molar-refractivity contribution in [1.82, 2.24) is 14.8 Å². The fourth-order valence-electron chi connectivity index (χ4n) is 5.13. The number of benzene rings is 2. The van der Waals surface area contributed by atoms with Gasteiger partial charge in [-0.25, -0.2) is 4.79 Å². The van der Waals surface area contributed by atoms with Crippen molar-refractivity contribution in [2.75, 3.05) is 25.0 Å². The number of esters is 1. The number of carbonyl (C=O) groups excluding carboxylic acids is 2. The highest BCUT2D eigenvalue weighted by Gasteiger charge is 2.42. The molecule has 0 aliphatic carbocycles. The topological polar surface area (TPSA) is 75.6 Å². The van der Waals surface area contributed by atoms with E-state index in [4.69, 9.17) is 4.74 Å². The number of rotatable bonds is 5. The molecule has 0 radical (unpaired) electrons. The van der Waals surface area contributed by atoms with Crippen LogP contribution >= 0.6 is 0 Å². The predicted molar refractivity (Wildman–Crippen MR) is 131 cm³/mol. The number of urea groups is 1. The van der Waals surface area contributed by atoms with Gasteiger partial charge in [-0.1, -0.05) is 42.5 Å². The average molecular weight is 459 g/mol. The Kier molecular flexibility index (Phi) is 6.01. The van der Waals surface area contributed by atoms with Crippen molar-refractivity contribution >= 4 is 17.7 Å². The third kappa shape index (κ3) is 4.14. The lowest BCUT2D eigenvalue weighted by atomic mass is 9.82. The molecule has 1 spiro atoms. The summed E-state index contributed by atoms with van der Waals surface area (Å²) in [7, 11) is 0. The summed E-state index contributed by atoms with van der Waals surface area (Å²) in [6, 6.07) is 21.6. The molecule has 2 N–H and O–H groups in total. The summed E-state index contributed by atoms with van der Waals surface area (Å²) in [6.07, 6.45) is 3.81. The first-order chi connectivity index (χ1) is 16.6. The minimum atomic E-state index is -0.430. The van der Waals surface area contributed by atoms with Crippen LogP contribution in [0.4, 0.5) is 10.5 Å². The van der Waals surface area contributed by atoms with Crippen LogP contribution in [0, 0.1) is 0 Å². The summed E-state index contributed by atoms with van der Waals surface area (Å²) in [6.45, 7) is 3.34. The standard InChI is InChI=1S/C27H30N4O3/c1-2-34-25(32)19-22(20-9-4-3-5-10-20)28-26(33)30-17-14-27(15-18-30)24-13-8-16-31(24)23-12-7-6-11-21(23)29-27/h3-13,16,22,29H,2,14-15,17-19H2,1H3,(H,28,33)/t22-/m0/s1. The molecule has 3 heterocycles. The first kappa shape index (κ1) is 22.1. The van der Waals surface area contributed by atoms with Crippen molar-refractivity contribution in [2.45, 2.75) is 37.8 Å². The lowest BCUT2D eigenvalue weighted by molar-refractivity contribution is -0.143. The molecular formula is C27H30N4O3. The molecule has 2 aliphatic heterocycles. The van der Waals surface area contributed by atoms with Crippen LogP contribution in [-0.4, -0.2) is 41.2 Å². The van der Waals surface area contributed by atoms with Gasteiger partial charge in [0, 0.05) is 25.0 Å². The second-order valence-corrected chi connectivity index (χ2v) is 8.90. The van der Waals surface area contributed by atoms with Crippen molar-refractivity contribution in [2.24, 2.45) is 0 Å². The van der Waals surface area contributed by atoms with Gasteiger partial charge in [-0.15, -0.1) is 0 Å². The number of para-hydroxylation sites is 2. The van der Waals surface area contributed by atoms with Crippen molar-refractivity contribution in [3.8, 4) is 5.69 Å². The number of ether oxygens (including phenoxy) is 1. The van der Waals surface area contributed by atoms with Crippen LogP contribution in [0.3, 0.4) is 0 Å². The van der Waals surface area contributed by atoms with Gasteiger partial charge in [0.25, 0.3) is 0 Å². The highest BCUT2D eigenvalue weighted by atomic mass is 16.5. The lowest BCUT2D eigenvalue weighted by Gasteiger charge is -2.46. The number of amides is 2. The maximum atomic E-state index is 13.2. The summed E-state index contributed by atoms with van der Waals surface area (Å²) in [5, 5.41) is 6.85. The van der Waals surface area contributed by atoms with Crippen LogP contribution < -0.4 is 10.6 Å². The van der Waals surface area contributed by atoms with E-state index in [1.54, 1.807) is 6.92 Å². The van der Waals surface area contributed by atoms with Gasteiger partial charge in [0.1, 0.15) is 0 Å². The number of fused-ring (bicyclic) bond motifs is 4. The first-order valence-electron chi connectivity index (χ1n) is 11.9. The Balaban J connectivity index is 1.29. The highest BCUT2D eigenvalue weighted by molar-refractivity contribution is 5.77. The minimum absolute atomic E-state index is 0.104. The van der Waals surface area contributed by atoms with Gasteiger partial charge in [-0.05, 0) is 49.6 Å². The molecule has 1 atom stereocenters. The molecule has 2 aromatic carbocycles. The number of likely N-dealkylation sites (tertiary alicyclic amines) is 1. The molecule has 7 nitrogen and oxygen atoms in total. The SMILES string of the molecule is CCOC(=O)C[C@H](NC(=O)N1CCC2(CC1)Nc1ccccc1-n1cccc12)c1ccccc1. The molecular weight excluding hydrogens is 428 g/mol. The zero-order valence-electron chi connectivity index (χ0n) is 19.4. The van der Waals surface area contributed by atoms with Gasteiger partial charge in [0.05, 0.1) is 36.0 Å².